The van der Waals surface area contributed by atoms with Gasteiger partial charge < -0.3 is 37.6 Å². The molecule has 0 fully saturated rings. The highest BCUT2D eigenvalue weighted by Crippen LogP contribution is 2.07. The lowest BCUT2D eigenvalue weighted by atomic mass is 10.0. The van der Waals surface area contributed by atoms with Crippen molar-refractivity contribution in [3.63, 3.8) is 0 Å². The van der Waals surface area contributed by atoms with Crippen molar-refractivity contribution in [1.29, 1.82) is 0 Å². The highest BCUT2D eigenvalue weighted by Gasteiger charge is 2.32. The van der Waals surface area contributed by atoms with Gasteiger partial charge in [-0.05, 0) is 45.6 Å². The van der Waals surface area contributed by atoms with E-state index in [1.807, 2.05) is 0 Å². The van der Waals surface area contributed by atoms with Crippen molar-refractivity contribution in [1.82, 2.24) is 16.0 Å². The number of nitrogens with two attached hydrogens (primary N) is 2. The molecule has 5 unspecified atom stereocenters. The zero-order valence-corrected chi connectivity index (χ0v) is 17.5. The van der Waals surface area contributed by atoms with Crippen molar-refractivity contribution in [2.75, 3.05) is 6.54 Å². The Morgan fingerprint density at radius 2 is 1.41 bits per heavy atom. The molecule has 11 nitrogen and oxygen atoms in total. The molecular weight excluding hydrogens is 382 g/mol. The molecule has 0 bridgehead atoms. The van der Waals surface area contributed by atoms with Crippen LogP contribution in [0.15, 0.2) is 0 Å². The number of amides is 3. The van der Waals surface area contributed by atoms with Crippen molar-refractivity contribution < 1.29 is 29.4 Å². The molecule has 0 aliphatic heterocycles. The molecule has 5 atom stereocenters. The first kappa shape index (κ1) is 26.8. The van der Waals surface area contributed by atoms with Crippen LogP contribution in [-0.2, 0) is 19.2 Å². The summed E-state index contributed by atoms with van der Waals surface area (Å²) < 4.78 is 0. The van der Waals surface area contributed by atoms with E-state index in [-0.39, 0.29) is 12.3 Å². The van der Waals surface area contributed by atoms with Gasteiger partial charge in [-0.25, -0.2) is 4.79 Å². The molecule has 29 heavy (non-hydrogen) atoms. The Morgan fingerprint density at radius 1 is 0.862 bits per heavy atom. The molecule has 0 radical (unpaired) electrons. The predicted octanol–water partition coefficient (Wildman–Crippen LogP) is -1.96. The monoisotopic (exact) mass is 417 g/mol. The van der Waals surface area contributed by atoms with Crippen molar-refractivity contribution >= 4 is 23.7 Å². The third-order valence-corrected chi connectivity index (χ3v) is 4.29. The molecule has 0 aliphatic rings. The maximum Gasteiger partial charge on any atom is 0.328 e. The molecule has 0 aliphatic carbocycles. The fourth-order valence-corrected chi connectivity index (χ4v) is 2.49. The van der Waals surface area contributed by atoms with Crippen molar-refractivity contribution in [3.8, 4) is 0 Å². The first-order valence-corrected chi connectivity index (χ1v) is 9.69. The molecule has 0 saturated heterocycles. The number of hydrogen-bond acceptors (Lipinski definition) is 7. The number of carboxylic acid groups (broad SMARTS) is 1. The van der Waals surface area contributed by atoms with Gasteiger partial charge in [-0.2, -0.15) is 0 Å². The average molecular weight is 418 g/mol. The highest BCUT2D eigenvalue weighted by atomic mass is 16.4. The summed E-state index contributed by atoms with van der Waals surface area (Å²) >= 11 is 0. The van der Waals surface area contributed by atoms with E-state index in [0.29, 0.717) is 19.4 Å². The number of carbonyl (C=O) groups excluding carboxylic acids is 3. The van der Waals surface area contributed by atoms with E-state index in [9.17, 15) is 24.3 Å². The fourth-order valence-electron chi connectivity index (χ4n) is 2.49. The van der Waals surface area contributed by atoms with Crippen LogP contribution >= 0.6 is 0 Å². The molecule has 0 aromatic rings. The summed E-state index contributed by atoms with van der Waals surface area (Å²) in [4.78, 5) is 48.4. The minimum Gasteiger partial charge on any atom is -0.480 e. The molecule has 0 spiro atoms. The minimum absolute atomic E-state index is 0.215. The van der Waals surface area contributed by atoms with Gasteiger partial charge in [-0.15, -0.1) is 0 Å². The van der Waals surface area contributed by atoms with Gasteiger partial charge in [-0.1, -0.05) is 13.8 Å². The van der Waals surface area contributed by atoms with E-state index >= 15 is 0 Å². The van der Waals surface area contributed by atoms with Crippen LogP contribution < -0.4 is 27.4 Å². The molecule has 9 N–H and O–H groups in total. The Kier molecular flexibility index (Phi) is 12.1. The number of aliphatic carboxylic acids is 1. The Balaban J connectivity index is 5.36. The number of aliphatic hydroxyl groups excluding tert-OH is 1. The topological polar surface area (TPSA) is 197 Å². The maximum absolute atomic E-state index is 12.7. The molecular formula is C18H35N5O6. The second kappa shape index (κ2) is 13.1. The van der Waals surface area contributed by atoms with E-state index < -0.39 is 54.0 Å². The lowest BCUT2D eigenvalue weighted by Crippen LogP contribution is -2.59. The van der Waals surface area contributed by atoms with Gasteiger partial charge in [0.05, 0.1) is 12.1 Å². The quantitative estimate of drug-likeness (QED) is 0.168. The van der Waals surface area contributed by atoms with Gasteiger partial charge in [0.2, 0.25) is 17.7 Å². The third kappa shape index (κ3) is 9.68. The Morgan fingerprint density at radius 3 is 1.83 bits per heavy atom. The number of rotatable bonds is 13. The molecule has 0 saturated carbocycles. The number of unbranched alkanes of at least 4 members (excludes halogenated alkanes) is 1. The highest BCUT2D eigenvalue weighted by molar-refractivity contribution is 5.94. The van der Waals surface area contributed by atoms with E-state index in [1.54, 1.807) is 13.8 Å². The molecule has 0 aromatic heterocycles. The number of aliphatic hydroxyl groups is 1. The zero-order valence-electron chi connectivity index (χ0n) is 17.5. The summed E-state index contributed by atoms with van der Waals surface area (Å²) in [5.41, 5.74) is 11.0. The molecule has 0 aromatic carbocycles. The Labute approximate surface area is 171 Å². The number of carbonyl (C=O) groups is 4. The van der Waals surface area contributed by atoms with Crippen LogP contribution in [0.2, 0.25) is 0 Å². The number of nitrogens with one attached hydrogen (secondary N) is 3. The van der Waals surface area contributed by atoms with Gasteiger partial charge in [-0.3, -0.25) is 14.4 Å². The van der Waals surface area contributed by atoms with E-state index in [0.717, 1.165) is 0 Å². The first-order chi connectivity index (χ1) is 13.4. The van der Waals surface area contributed by atoms with Crippen molar-refractivity contribution in [3.05, 3.63) is 0 Å². The lowest BCUT2D eigenvalue weighted by molar-refractivity contribution is -0.145. The first-order valence-electron chi connectivity index (χ1n) is 9.69. The van der Waals surface area contributed by atoms with Crippen LogP contribution in [-0.4, -0.2) is 70.7 Å². The summed E-state index contributed by atoms with van der Waals surface area (Å²) in [6, 6.07) is -4.31. The maximum atomic E-state index is 12.7. The van der Waals surface area contributed by atoms with E-state index in [1.165, 1.54) is 13.8 Å². The van der Waals surface area contributed by atoms with Crippen LogP contribution in [0.1, 0.15) is 47.0 Å². The van der Waals surface area contributed by atoms with Crippen LogP contribution in [0, 0.1) is 5.92 Å². The van der Waals surface area contributed by atoms with E-state index in [4.69, 9.17) is 16.6 Å². The normalized spacial score (nSPS) is 16.3. The molecule has 168 valence electrons. The largest absolute Gasteiger partial charge is 0.480 e. The van der Waals surface area contributed by atoms with Crippen molar-refractivity contribution in [2.45, 2.75) is 77.2 Å². The standard InChI is InChI=1S/C18H35N5O6/c1-9(2)13(22-15(25)10(3)20)17(27)21-12(7-5-6-8-19)16(26)23-14(11(4)24)18(28)29/h9-14,24H,5-8,19-20H2,1-4H3,(H,21,27)(H,22,25)(H,23,26)(H,28,29). The van der Waals surface area contributed by atoms with Gasteiger partial charge in [0, 0.05) is 0 Å². The minimum atomic E-state index is -1.52. The summed E-state index contributed by atoms with van der Waals surface area (Å²) in [5.74, 6) is -3.53. The average Bonchev–Trinajstić information content (AvgIpc) is 2.61. The summed E-state index contributed by atoms with van der Waals surface area (Å²) in [6.07, 6.45) is 0.00541. The predicted molar refractivity (Wildman–Crippen MR) is 107 cm³/mol. The second-order valence-electron chi connectivity index (χ2n) is 7.43. The van der Waals surface area contributed by atoms with Gasteiger partial charge in [0.1, 0.15) is 12.1 Å². The summed E-state index contributed by atoms with van der Waals surface area (Å²) in [5, 5.41) is 26.0. The van der Waals surface area contributed by atoms with Crippen LogP contribution in [0.5, 0.6) is 0 Å². The Hall–Kier alpha value is -2.24. The van der Waals surface area contributed by atoms with Crippen molar-refractivity contribution in [2.24, 2.45) is 17.4 Å². The Bertz CT molecular complexity index is 567. The number of carboxylic acids is 1. The molecule has 0 rings (SSSR count). The third-order valence-electron chi connectivity index (χ3n) is 4.29. The smallest absolute Gasteiger partial charge is 0.328 e. The lowest BCUT2D eigenvalue weighted by Gasteiger charge is -2.27. The molecule has 11 heteroatoms. The van der Waals surface area contributed by atoms with Crippen LogP contribution in [0.3, 0.4) is 0 Å². The summed E-state index contributed by atoms with van der Waals surface area (Å²) in [6.45, 7) is 6.56. The SMILES string of the molecule is CC(N)C(=O)NC(C(=O)NC(CCCCN)C(=O)NC(C(=O)O)C(C)O)C(C)C. The van der Waals surface area contributed by atoms with Gasteiger partial charge in [0.25, 0.3) is 0 Å². The van der Waals surface area contributed by atoms with Crippen LogP contribution in [0.25, 0.3) is 0 Å². The van der Waals surface area contributed by atoms with Crippen LogP contribution in [0.4, 0.5) is 0 Å². The fraction of sp³-hybridized carbons (Fsp3) is 0.778. The van der Waals surface area contributed by atoms with E-state index in [2.05, 4.69) is 16.0 Å². The van der Waals surface area contributed by atoms with Gasteiger partial charge >= 0.3 is 5.97 Å². The number of hydrogen-bond donors (Lipinski definition) is 7. The summed E-state index contributed by atoms with van der Waals surface area (Å²) in [7, 11) is 0. The van der Waals surface area contributed by atoms with Gasteiger partial charge in [0.15, 0.2) is 6.04 Å². The molecule has 3 amide bonds. The molecule has 0 heterocycles. The second-order valence-corrected chi connectivity index (χ2v) is 7.43. The zero-order chi connectivity index (χ0) is 22.7.